The molecule has 6 heteroatoms. The highest BCUT2D eigenvalue weighted by molar-refractivity contribution is 5.67. The van der Waals surface area contributed by atoms with Crippen LogP contribution in [0.5, 0.6) is 0 Å². The van der Waals surface area contributed by atoms with Gasteiger partial charge in [0, 0.05) is 13.0 Å². The predicted molar refractivity (Wildman–Crippen MR) is 42.9 cm³/mol. The van der Waals surface area contributed by atoms with Crippen molar-refractivity contribution in [3.05, 3.63) is 0 Å². The first-order valence-electron chi connectivity index (χ1n) is 4.38. The van der Waals surface area contributed by atoms with Gasteiger partial charge < -0.3 is 5.11 Å². The number of hydrogen-bond acceptors (Lipinski definition) is 2. The first-order chi connectivity index (χ1) is 6.37. The maximum atomic E-state index is 11.9. The molecule has 0 aromatic heterocycles. The average molecular weight is 211 g/mol. The van der Waals surface area contributed by atoms with Crippen molar-refractivity contribution in [1.82, 2.24) is 4.90 Å². The molecule has 14 heavy (non-hydrogen) atoms. The SMILES string of the molecule is O=C(O)C[C@H]1CCN(CC(F)(F)F)C1. The van der Waals surface area contributed by atoms with Crippen LogP contribution in [0.2, 0.25) is 0 Å². The third kappa shape index (κ3) is 3.95. The van der Waals surface area contributed by atoms with Crippen LogP contribution in [-0.4, -0.2) is 41.8 Å². The third-order valence-corrected chi connectivity index (χ3v) is 2.24. The Hall–Kier alpha value is -0.780. The first-order valence-corrected chi connectivity index (χ1v) is 4.38. The highest BCUT2D eigenvalue weighted by Gasteiger charge is 2.34. The van der Waals surface area contributed by atoms with Crippen molar-refractivity contribution in [2.75, 3.05) is 19.6 Å². The molecule has 1 N–H and O–H groups in total. The van der Waals surface area contributed by atoms with E-state index in [2.05, 4.69) is 0 Å². The molecule has 0 unspecified atom stereocenters. The monoisotopic (exact) mass is 211 g/mol. The number of carbonyl (C=O) groups is 1. The largest absolute Gasteiger partial charge is 0.481 e. The summed E-state index contributed by atoms with van der Waals surface area (Å²) in [6.07, 6.45) is -3.67. The van der Waals surface area contributed by atoms with Gasteiger partial charge in [0.1, 0.15) is 0 Å². The van der Waals surface area contributed by atoms with Crippen LogP contribution < -0.4 is 0 Å². The van der Waals surface area contributed by atoms with E-state index in [1.807, 2.05) is 0 Å². The Labute approximate surface area is 79.5 Å². The Kier molecular flexibility index (Phi) is 3.36. The highest BCUT2D eigenvalue weighted by Crippen LogP contribution is 2.24. The number of rotatable bonds is 3. The molecule has 0 aromatic carbocycles. The van der Waals surface area contributed by atoms with Crippen molar-refractivity contribution >= 4 is 5.97 Å². The molecule has 1 saturated heterocycles. The predicted octanol–water partition coefficient (Wildman–Crippen LogP) is 1.35. The standard InChI is InChI=1S/C8H12F3NO2/c9-8(10,11)5-12-2-1-6(4-12)3-7(13)14/h6H,1-5H2,(H,13,14)/t6-/m1/s1. The molecule has 0 amide bonds. The van der Waals surface area contributed by atoms with E-state index < -0.39 is 18.7 Å². The number of alkyl halides is 3. The molecule has 0 bridgehead atoms. The van der Waals surface area contributed by atoms with Gasteiger partial charge in [-0.1, -0.05) is 0 Å². The van der Waals surface area contributed by atoms with Gasteiger partial charge in [-0.25, -0.2) is 0 Å². The Morgan fingerprint density at radius 3 is 2.64 bits per heavy atom. The lowest BCUT2D eigenvalue weighted by Gasteiger charge is -2.17. The molecular weight excluding hydrogens is 199 g/mol. The topological polar surface area (TPSA) is 40.5 Å². The summed E-state index contributed by atoms with van der Waals surface area (Å²) in [6.45, 7) is -0.341. The summed E-state index contributed by atoms with van der Waals surface area (Å²) in [7, 11) is 0. The summed E-state index contributed by atoms with van der Waals surface area (Å²) in [5.41, 5.74) is 0. The zero-order valence-electron chi connectivity index (χ0n) is 7.55. The molecule has 0 saturated carbocycles. The molecule has 1 heterocycles. The van der Waals surface area contributed by atoms with Crippen LogP contribution in [-0.2, 0) is 4.79 Å². The van der Waals surface area contributed by atoms with Crippen molar-refractivity contribution in [3.8, 4) is 0 Å². The molecule has 1 fully saturated rings. The lowest BCUT2D eigenvalue weighted by Crippen LogP contribution is -2.32. The van der Waals surface area contributed by atoms with Gasteiger partial charge in [0.05, 0.1) is 6.54 Å². The second kappa shape index (κ2) is 4.16. The van der Waals surface area contributed by atoms with Gasteiger partial charge >= 0.3 is 12.1 Å². The van der Waals surface area contributed by atoms with Crippen molar-refractivity contribution < 1.29 is 23.1 Å². The first kappa shape index (κ1) is 11.3. The minimum atomic E-state index is -4.18. The second-order valence-electron chi connectivity index (χ2n) is 3.60. The fraction of sp³-hybridized carbons (Fsp3) is 0.875. The van der Waals surface area contributed by atoms with Crippen LogP contribution in [0.25, 0.3) is 0 Å². The molecule has 1 aliphatic heterocycles. The van der Waals surface area contributed by atoms with Gasteiger partial charge in [0.25, 0.3) is 0 Å². The summed E-state index contributed by atoms with van der Waals surface area (Å²) < 4.78 is 35.8. The van der Waals surface area contributed by atoms with Gasteiger partial charge in [0.2, 0.25) is 0 Å². The second-order valence-corrected chi connectivity index (χ2v) is 3.60. The lowest BCUT2D eigenvalue weighted by molar-refractivity contribution is -0.143. The van der Waals surface area contributed by atoms with Crippen LogP contribution in [0.3, 0.4) is 0 Å². The maximum Gasteiger partial charge on any atom is 0.401 e. The van der Waals surface area contributed by atoms with Gasteiger partial charge in [-0.15, -0.1) is 0 Å². The number of carboxylic acids is 1. The van der Waals surface area contributed by atoms with E-state index in [-0.39, 0.29) is 18.9 Å². The number of aliphatic carboxylic acids is 1. The van der Waals surface area contributed by atoms with E-state index in [1.165, 1.54) is 4.90 Å². The summed E-state index contributed by atoms with van der Waals surface area (Å²) in [4.78, 5) is 11.6. The molecular formula is C8H12F3NO2. The van der Waals surface area contributed by atoms with Crippen LogP contribution in [0.1, 0.15) is 12.8 Å². The molecule has 0 spiro atoms. The van der Waals surface area contributed by atoms with E-state index in [0.29, 0.717) is 13.0 Å². The van der Waals surface area contributed by atoms with E-state index in [9.17, 15) is 18.0 Å². The van der Waals surface area contributed by atoms with E-state index in [4.69, 9.17) is 5.11 Å². The van der Waals surface area contributed by atoms with Crippen molar-refractivity contribution in [2.24, 2.45) is 5.92 Å². The molecule has 1 aliphatic rings. The molecule has 0 radical (unpaired) electrons. The number of halogens is 3. The zero-order chi connectivity index (χ0) is 10.8. The quantitative estimate of drug-likeness (QED) is 0.765. The zero-order valence-corrected chi connectivity index (χ0v) is 7.55. The molecule has 0 aliphatic carbocycles. The Bertz CT molecular complexity index is 217. The number of nitrogens with zero attached hydrogens (tertiary/aromatic N) is 1. The number of likely N-dealkylation sites (tertiary alicyclic amines) is 1. The fourth-order valence-electron chi connectivity index (χ4n) is 1.72. The van der Waals surface area contributed by atoms with E-state index in [1.54, 1.807) is 0 Å². The molecule has 1 rings (SSSR count). The Morgan fingerprint density at radius 2 is 2.14 bits per heavy atom. The van der Waals surface area contributed by atoms with Crippen LogP contribution in [0.4, 0.5) is 13.2 Å². The average Bonchev–Trinajstić information content (AvgIpc) is 2.30. The lowest BCUT2D eigenvalue weighted by atomic mass is 10.1. The summed E-state index contributed by atoms with van der Waals surface area (Å²) in [5, 5.41) is 8.45. The number of hydrogen-bond donors (Lipinski definition) is 1. The third-order valence-electron chi connectivity index (χ3n) is 2.24. The summed E-state index contributed by atoms with van der Waals surface area (Å²) in [5.74, 6) is -1.07. The van der Waals surface area contributed by atoms with Crippen molar-refractivity contribution in [1.29, 1.82) is 0 Å². The van der Waals surface area contributed by atoms with E-state index in [0.717, 1.165) is 0 Å². The minimum absolute atomic E-state index is 0.0334. The Morgan fingerprint density at radius 1 is 1.50 bits per heavy atom. The fourth-order valence-corrected chi connectivity index (χ4v) is 1.72. The highest BCUT2D eigenvalue weighted by atomic mass is 19.4. The number of carboxylic acid groups (broad SMARTS) is 1. The molecule has 3 nitrogen and oxygen atoms in total. The minimum Gasteiger partial charge on any atom is -0.481 e. The summed E-state index contributed by atoms with van der Waals surface area (Å²) >= 11 is 0. The van der Waals surface area contributed by atoms with Gasteiger partial charge in [0.15, 0.2) is 0 Å². The van der Waals surface area contributed by atoms with Crippen molar-refractivity contribution in [3.63, 3.8) is 0 Å². The molecule has 82 valence electrons. The maximum absolute atomic E-state index is 11.9. The smallest absolute Gasteiger partial charge is 0.401 e. The summed E-state index contributed by atoms with van der Waals surface area (Å²) in [6, 6.07) is 0. The van der Waals surface area contributed by atoms with Gasteiger partial charge in [-0.3, -0.25) is 9.69 Å². The Balaban J connectivity index is 2.31. The van der Waals surface area contributed by atoms with Crippen LogP contribution in [0, 0.1) is 5.92 Å². The van der Waals surface area contributed by atoms with E-state index >= 15 is 0 Å². The van der Waals surface area contributed by atoms with Gasteiger partial charge in [-0.2, -0.15) is 13.2 Å². The van der Waals surface area contributed by atoms with Crippen LogP contribution >= 0.6 is 0 Å². The van der Waals surface area contributed by atoms with Gasteiger partial charge in [-0.05, 0) is 18.9 Å². The molecule has 1 atom stereocenters. The normalized spacial score (nSPS) is 24.1. The van der Waals surface area contributed by atoms with Crippen molar-refractivity contribution in [2.45, 2.75) is 19.0 Å². The van der Waals surface area contributed by atoms with Crippen LogP contribution in [0.15, 0.2) is 0 Å². The molecule has 0 aromatic rings.